The Morgan fingerprint density at radius 1 is 0.351 bits per heavy atom. The summed E-state index contributed by atoms with van der Waals surface area (Å²) in [4.78, 5) is 15.9. The van der Waals surface area contributed by atoms with Crippen LogP contribution in [0.4, 0.5) is 0 Å². The summed E-state index contributed by atoms with van der Waals surface area (Å²) in [6, 6.07) is 66.7. The van der Waals surface area contributed by atoms with Crippen LogP contribution in [0.5, 0.6) is 0 Å². The van der Waals surface area contributed by atoms with Crippen LogP contribution in [0.15, 0.2) is 188 Å². The lowest BCUT2D eigenvalue weighted by molar-refractivity contribution is 0.954. The second-order valence-corrected chi connectivity index (χ2v) is 15.5. The molecule has 266 valence electrons. The summed E-state index contributed by atoms with van der Waals surface area (Å²) in [7, 11) is 0. The first-order valence-corrected chi connectivity index (χ1v) is 19.9. The number of rotatable bonds is 5. The topological polar surface area (TPSA) is 48.5 Å². The predicted octanol–water partition coefficient (Wildman–Crippen LogP) is 13.4. The lowest BCUT2D eigenvalue weighted by atomic mass is 10.0. The summed E-state index contributed by atoms with van der Waals surface area (Å²) in [6.45, 7) is 0. The first-order chi connectivity index (χ1) is 28.3. The van der Waals surface area contributed by atoms with Crippen molar-refractivity contribution in [1.82, 2.24) is 24.1 Å². The predicted molar refractivity (Wildman–Crippen MR) is 238 cm³/mol. The monoisotopic (exact) mass is 745 g/mol. The van der Waals surface area contributed by atoms with E-state index < -0.39 is 0 Å². The molecule has 0 N–H and O–H groups in total. The van der Waals surface area contributed by atoms with Crippen molar-refractivity contribution < 1.29 is 0 Å². The van der Waals surface area contributed by atoms with Crippen molar-refractivity contribution >= 4 is 75.1 Å². The maximum Gasteiger partial charge on any atom is 0.238 e. The molecule has 0 aliphatic carbocycles. The number of nitrogens with zero attached hydrogens (tertiary/aromatic N) is 5. The Balaban J connectivity index is 1.09. The number of benzene rings is 8. The molecule has 0 aliphatic heterocycles. The van der Waals surface area contributed by atoms with Crippen LogP contribution < -0.4 is 0 Å². The van der Waals surface area contributed by atoms with E-state index in [1.54, 1.807) is 11.3 Å². The van der Waals surface area contributed by atoms with Crippen molar-refractivity contribution in [3.63, 3.8) is 0 Å². The number of fused-ring (bicyclic) bond motifs is 9. The van der Waals surface area contributed by atoms with Gasteiger partial charge in [-0.3, -0.25) is 4.57 Å². The second-order valence-electron chi connectivity index (χ2n) is 14.4. The molecule has 6 heteroatoms. The minimum absolute atomic E-state index is 0.587. The van der Waals surface area contributed by atoms with E-state index in [1.165, 1.54) is 37.3 Å². The van der Waals surface area contributed by atoms with Crippen LogP contribution in [0.25, 0.3) is 109 Å². The smallest absolute Gasteiger partial charge is 0.238 e. The van der Waals surface area contributed by atoms with E-state index in [2.05, 4.69) is 191 Å². The van der Waals surface area contributed by atoms with Crippen LogP contribution in [0.2, 0.25) is 0 Å². The molecule has 0 bridgehead atoms. The van der Waals surface area contributed by atoms with Crippen LogP contribution in [0.1, 0.15) is 0 Å². The number of hydrogen-bond acceptors (Lipinski definition) is 4. The molecule has 0 saturated carbocycles. The van der Waals surface area contributed by atoms with Crippen LogP contribution >= 0.6 is 11.3 Å². The van der Waals surface area contributed by atoms with Gasteiger partial charge in [0, 0.05) is 58.5 Å². The number of hydrogen-bond donors (Lipinski definition) is 0. The Kier molecular flexibility index (Phi) is 7.03. The van der Waals surface area contributed by atoms with E-state index in [9.17, 15) is 0 Å². The molecule has 0 radical (unpaired) electrons. The lowest BCUT2D eigenvalue weighted by Gasteiger charge is -2.12. The second kappa shape index (κ2) is 12.6. The molecule has 8 aromatic carbocycles. The zero-order valence-electron chi connectivity index (χ0n) is 30.5. The fourth-order valence-corrected chi connectivity index (χ4v) is 9.82. The fourth-order valence-electron chi connectivity index (χ4n) is 8.62. The summed E-state index contributed by atoms with van der Waals surface area (Å²) in [5.74, 6) is 1.85. The number of thiophene rings is 1. The van der Waals surface area contributed by atoms with E-state index in [0.717, 1.165) is 54.4 Å². The lowest BCUT2D eigenvalue weighted by Crippen LogP contribution is -2.06. The molecule has 0 saturated heterocycles. The van der Waals surface area contributed by atoms with E-state index in [0.29, 0.717) is 17.6 Å². The van der Waals surface area contributed by atoms with E-state index in [-0.39, 0.29) is 0 Å². The normalized spacial score (nSPS) is 11.9. The molecule has 12 rings (SSSR count). The van der Waals surface area contributed by atoms with Crippen molar-refractivity contribution in [3.05, 3.63) is 188 Å². The van der Waals surface area contributed by atoms with Gasteiger partial charge in [-0.05, 0) is 65.7 Å². The average Bonchev–Trinajstić information content (AvgIpc) is 3.94. The molecule has 5 nitrogen and oxygen atoms in total. The third kappa shape index (κ3) is 4.98. The van der Waals surface area contributed by atoms with Gasteiger partial charge in [0.05, 0.1) is 22.1 Å². The largest absolute Gasteiger partial charge is 0.309 e. The molecule has 0 unspecified atom stereocenters. The standard InChI is InChI=1S/C51H31N5S/c1-2-14-32(15-3-1)33-16-12-17-34(30-33)49-52-50(54-51(53-49)56-45-26-10-6-20-38(45)39-21-7-11-27-46(39)56)41-23-13-22-40-42-31-35(28-29-47(42)57-48(40)41)55-43-24-8-4-18-36(43)37-19-5-9-25-44(37)55/h1-31H. The molecule has 4 heterocycles. The SMILES string of the molecule is c1ccc(-c2cccc(-c3nc(-c4cccc5c4sc4ccc(-n6c7ccccc7c7ccccc76)cc45)nc(-n4c5ccccc5c5ccccc54)n3)c2)cc1. The van der Waals surface area contributed by atoms with Gasteiger partial charge in [0.2, 0.25) is 5.95 Å². The molecule has 57 heavy (non-hydrogen) atoms. The molecular formula is C51H31N5S. The van der Waals surface area contributed by atoms with Gasteiger partial charge in [-0.1, -0.05) is 133 Å². The molecule has 0 aliphatic rings. The van der Waals surface area contributed by atoms with Crippen LogP contribution in [0.3, 0.4) is 0 Å². The Labute approximate surface area is 331 Å². The Morgan fingerprint density at radius 3 is 1.54 bits per heavy atom. The zero-order chi connectivity index (χ0) is 37.5. The highest BCUT2D eigenvalue weighted by Gasteiger charge is 2.21. The van der Waals surface area contributed by atoms with Gasteiger partial charge in [0.15, 0.2) is 11.6 Å². The third-order valence-corrected chi connectivity index (χ3v) is 12.4. The summed E-state index contributed by atoms with van der Waals surface area (Å²) in [5, 5.41) is 7.22. The summed E-state index contributed by atoms with van der Waals surface area (Å²) >= 11 is 1.79. The quantitative estimate of drug-likeness (QED) is 0.176. The summed E-state index contributed by atoms with van der Waals surface area (Å²) < 4.78 is 6.94. The van der Waals surface area contributed by atoms with Crippen molar-refractivity contribution in [1.29, 1.82) is 0 Å². The highest BCUT2D eigenvalue weighted by Crippen LogP contribution is 2.42. The molecule has 0 spiro atoms. The van der Waals surface area contributed by atoms with Crippen LogP contribution in [0, 0.1) is 0 Å². The van der Waals surface area contributed by atoms with Gasteiger partial charge < -0.3 is 4.57 Å². The van der Waals surface area contributed by atoms with E-state index >= 15 is 0 Å². The minimum Gasteiger partial charge on any atom is -0.309 e. The van der Waals surface area contributed by atoms with Gasteiger partial charge in [0.1, 0.15) is 0 Å². The van der Waals surface area contributed by atoms with Crippen LogP contribution in [-0.2, 0) is 0 Å². The minimum atomic E-state index is 0.587. The summed E-state index contributed by atoms with van der Waals surface area (Å²) in [6.07, 6.45) is 0. The highest BCUT2D eigenvalue weighted by molar-refractivity contribution is 7.26. The summed E-state index contributed by atoms with van der Waals surface area (Å²) in [5.41, 5.74) is 9.81. The van der Waals surface area contributed by atoms with Gasteiger partial charge >= 0.3 is 0 Å². The number of aromatic nitrogens is 5. The Morgan fingerprint density at radius 2 is 0.877 bits per heavy atom. The first-order valence-electron chi connectivity index (χ1n) is 19.1. The molecule has 0 atom stereocenters. The maximum atomic E-state index is 5.34. The maximum absolute atomic E-state index is 5.34. The molecule has 4 aromatic heterocycles. The Bertz CT molecular complexity index is 3430. The van der Waals surface area contributed by atoms with Crippen LogP contribution in [-0.4, -0.2) is 24.1 Å². The average molecular weight is 746 g/mol. The van der Waals surface area contributed by atoms with Crippen molar-refractivity contribution in [2.24, 2.45) is 0 Å². The van der Waals surface area contributed by atoms with Crippen molar-refractivity contribution in [2.45, 2.75) is 0 Å². The third-order valence-electron chi connectivity index (χ3n) is 11.2. The van der Waals surface area contributed by atoms with Gasteiger partial charge in [-0.25, -0.2) is 4.98 Å². The fraction of sp³-hybridized carbons (Fsp3) is 0. The van der Waals surface area contributed by atoms with E-state index in [1.807, 2.05) is 6.07 Å². The number of para-hydroxylation sites is 4. The molecule has 12 aromatic rings. The van der Waals surface area contributed by atoms with Gasteiger partial charge in [-0.15, -0.1) is 11.3 Å². The Hall–Kier alpha value is -7.41. The van der Waals surface area contributed by atoms with Crippen molar-refractivity contribution in [3.8, 4) is 45.5 Å². The molecular weight excluding hydrogens is 715 g/mol. The zero-order valence-corrected chi connectivity index (χ0v) is 31.4. The first kappa shape index (κ1) is 31.9. The van der Waals surface area contributed by atoms with Crippen molar-refractivity contribution in [2.75, 3.05) is 0 Å². The van der Waals surface area contributed by atoms with Gasteiger partial charge in [-0.2, -0.15) is 9.97 Å². The van der Waals surface area contributed by atoms with E-state index in [4.69, 9.17) is 15.0 Å². The molecule has 0 amide bonds. The van der Waals surface area contributed by atoms with Gasteiger partial charge in [0.25, 0.3) is 0 Å². The highest BCUT2D eigenvalue weighted by atomic mass is 32.1. The molecule has 0 fully saturated rings.